The third-order valence-electron chi connectivity index (χ3n) is 5.46. The summed E-state index contributed by atoms with van der Waals surface area (Å²) in [5.74, 6) is 5.42. The first-order chi connectivity index (χ1) is 15.0. The molecular weight excluding hydrogens is 465 g/mol. The van der Waals surface area contributed by atoms with Crippen molar-refractivity contribution in [2.75, 3.05) is 4.90 Å². The monoisotopic (exact) mass is 491 g/mol. The summed E-state index contributed by atoms with van der Waals surface area (Å²) >= 11 is 13.5. The van der Waals surface area contributed by atoms with E-state index in [9.17, 15) is 14.7 Å². The highest BCUT2D eigenvalue weighted by molar-refractivity contribution is 7.15. The number of aromatic carboxylic acids is 1. The van der Waals surface area contributed by atoms with Crippen LogP contribution in [0.25, 0.3) is 0 Å². The molecule has 1 aliphatic rings. The van der Waals surface area contributed by atoms with Gasteiger partial charge in [-0.15, -0.1) is 11.3 Å². The van der Waals surface area contributed by atoms with Crippen molar-refractivity contribution in [1.29, 1.82) is 0 Å². The largest absolute Gasteiger partial charge is 0.477 e. The van der Waals surface area contributed by atoms with Crippen LogP contribution in [0.5, 0.6) is 0 Å². The second-order valence-electron chi connectivity index (χ2n) is 9.34. The van der Waals surface area contributed by atoms with E-state index >= 15 is 0 Å². The van der Waals surface area contributed by atoms with Gasteiger partial charge >= 0.3 is 5.97 Å². The van der Waals surface area contributed by atoms with E-state index < -0.39 is 5.97 Å². The fraction of sp³-hybridized carbons (Fsp3) is 0.440. The van der Waals surface area contributed by atoms with E-state index in [1.54, 1.807) is 23.1 Å². The highest BCUT2D eigenvalue weighted by Crippen LogP contribution is 2.38. The van der Waals surface area contributed by atoms with Crippen LogP contribution >= 0.6 is 34.5 Å². The van der Waals surface area contributed by atoms with Gasteiger partial charge in [0.1, 0.15) is 4.88 Å². The van der Waals surface area contributed by atoms with Gasteiger partial charge in [-0.05, 0) is 76.6 Å². The van der Waals surface area contributed by atoms with Crippen molar-refractivity contribution in [2.45, 2.75) is 59.4 Å². The summed E-state index contributed by atoms with van der Waals surface area (Å²) in [6, 6.07) is 6.36. The lowest BCUT2D eigenvalue weighted by molar-refractivity contribution is 0.0702. The van der Waals surface area contributed by atoms with Gasteiger partial charge in [0, 0.05) is 16.5 Å². The molecule has 1 N–H and O–H groups in total. The van der Waals surface area contributed by atoms with Crippen LogP contribution in [0.4, 0.5) is 5.69 Å². The summed E-state index contributed by atoms with van der Waals surface area (Å²) in [4.78, 5) is 28.2. The molecule has 0 saturated heterocycles. The summed E-state index contributed by atoms with van der Waals surface area (Å²) in [5.41, 5.74) is 0.468. The zero-order chi connectivity index (χ0) is 23.6. The molecule has 2 aromatic rings. The van der Waals surface area contributed by atoms with Crippen LogP contribution in [0.1, 0.15) is 78.3 Å². The minimum Gasteiger partial charge on any atom is -0.477 e. The van der Waals surface area contributed by atoms with E-state index in [2.05, 4.69) is 18.8 Å². The zero-order valence-corrected chi connectivity index (χ0v) is 21.0. The molecule has 1 aromatic carbocycles. The maximum atomic E-state index is 13.7. The maximum Gasteiger partial charge on any atom is 0.348 e. The number of amides is 1. The first kappa shape index (κ1) is 24.6. The molecule has 170 valence electrons. The predicted molar refractivity (Wildman–Crippen MR) is 132 cm³/mol. The molecule has 32 heavy (non-hydrogen) atoms. The normalized spacial score (nSPS) is 18.6. The van der Waals surface area contributed by atoms with E-state index in [1.165, 1.54) is 6.07 Å². The zero-order valence-electron chi connectivity index (χ0n) is 18.7. The third-order valence-corrected chi connectivity index (χ3v) is 7.03. The molecule has 0 bridgehead atoms. The number of carboxylic acid groups (broad SMARTS) is 1. The van der Waals surface area contributed by atoms with Gasteiger partial charge in [-0.1, -0.05) is 42.0 Å². The molecule has 0 radical (unpaired) electrons. The highest BCUT2D eigenvalue weighted by Gasteiger charge is 2.34. The van der Waals surface area contributed by atoms with Crippen molar-refractivity contribution in [3.63, 3.8) is 0 Å². The van der Waals surface area contributed by atoms with E-state index in [0.717, 1.165) is 37.0 Å². The summed E-state index contributed by atoms with van der Waals surface area (Å²) in [6.07, 6.45) is 3.56. The van der Waals surface area contributed by atoms with Gasteiger partial charge in [0.25, 0.3) is 5.91 Å². The Kier molecular flexibility index (Phi) is 7.60. The molecular formula is C25H27Cl2NO3S. The molecule has 1 saturated carbocycles. The molecule has 1 aliphatic carbocycles. The standard InChI is InChI=1S/C25H27Cl2NO3S/c1-15-5-8-17(9-6-15)28(23(29)19-10-7-16(26)13-20(19)27)21-14-18(11-12-25(2,3)4)32-22(21)24(30)31/h7,10,13-15,17H,5-6,8-9H2,1-4H3,(H,30,31)/t15-,17-. The maximum absolute atomic E-state index is 13.7. The summed E-state index contributed by atoms with van der Waals surface area (Å²) in [7, 11) is 0. The molecule has 0 atom stereocenters. The van der Waals surface area contributed by atoms with Crippen molar-refractivity contribution < 1.29 is 14.7 Å². The minimum atomic E-state index is -1.07. The number of hydrogen-bond acceptors (Lipinski definition) is 3. The van der Waals surface area contributed by atoms with Crippen molar-refractivity contribution in [2.24, 2.45) is 11.3 Å². The van der Waals surface area contributed by atoms with Crippen LogP contribution in [0, 0.1) is 23.2 Å². The number of rotatable bonds is 4. The Morgan fingerprint density at radius 1 is 1.12 bits per heavy atom. The average molecular weight is 492 g/mol. The lowest BCUT2D eigenvalue weighted by atomic mass is 9.86. The molecule has 0 aliphatic heterocycles. The Balaban J connectivity index is 2.12. The first-order valence-corrected chi connectivity index (χ1v) is 12.2. The van der Waals surface area contributed by atoms with Crippen LogP contribution in [0.3, 0.4) is 0 Å². The Morgan fingerprint density at radius 2 is 1.78 bits per heavy atom. The highest BCUT2D eigenvalue weighted by atomic mass is 35.5. The number of nitrogens with zero attached hydrogens (tertiary/aromatic N) is 1. The van der Waals surface area contributed by atoms with Gasteiger partial charge in [0.05, 0.1) is 21.2 Å². The molecule has 1 fully saturated rings. The molecule has 1 heterocycles. The van der Waals surface area contributed by atoms with Crippen LogP contribution in [0.15, 0.2) is 24.3 Å². The summed E-state index contributed by atoms with van der Waals surface area (Å²) in [5, 5.41) is 10.6. The molecule has 4 nitrogen and oxygen atoms in total. The molecule has 0 unspecified atom stereocenters. The number of carbonyl (C=O) groups is 2. The fourth-order valence-corrected chi connectivity index (χ4v) is 5.12. The van der Waals surface area contributed by atoms with Crippen LogP contribution in [-0.2, 0) is 0 Å². The Bertz CT molecular complexity index is 1080. The lowest BCUT2D eigenvalue weighted by Gasteiger charge is -2.36. The smallest absolute Gasteiger partial charge is 0.348 e. The van der Waals surface area contributed by atoms with Gasteiger partial charge < -0.3 is 10.0 Å². The first-order valence-electron chi connectivity index (χ1n) is 10.6. The van der Waals surface area contributed by atoms with Gasteiger partial charge in [-0.2, -0.15) is 0 Å². The molecule has 1 aromatic heterocycles. The number of benzene rings is 1. The Labute approximate surface area is 203 Å². The second kappa shape index (κ2) is 9.87. The topological polar surface area (TPSA) is 57.6 Å². The van der Waals surface area contributed by atoms with E-state index in [-0.39, 0.29) is 27.3 Å². The van der Waals surface area contributed by atoms with E-state index in [1.807, 2.05) is 20.8 Å². The van der Waals surface area contributed by atoms with Gasteiger partial charge in [0.15, 0.2) is 0 Å². The van der Waals surface area contributed by atoms with Crippen molar-refractivity contribution >= 4 is 52.1 Å². The Morgan fingerprint density at radius 3 is 2.34 bits per heavy atom. The van der Waals surface area contributed by atoms with Crippen molar-refractivity contribution in [3.8, 4) is 11.8 Å². The lowest BCUT2D eigenvalue weighted by Crippen LogP contribution is -2.43. The van der Waals surface area contributed by atoms with Gasteiger partial charge in [0.2, 0.25) is 0 Å². The van der Waals surface area contributed by atoms with E-state index in [0.29, 0.717) is 27.1 Å². The number of carbonyl (C=O) groups excluding carboxylic acids is 1. The SMILES string of the molecule is CC(C)(C)C#Cc1cc(N(C(=O)c2ccc(Cl)cc2Cl)[C@H]2CC[C@H](C)CC2)c(C(=O)O)s1. The summed E-state index contributed by atoms with van der Waals surface area (Å²) < 4.78 is 0. The number of anilines is 1. The minimum absolute atomic E-state index is 0.110. The third kappa shape index (κ3) is 5.86. The number of halogens is 2. The van der Waals surface area contributed by atoms with Gasteiger partial charge in [-0.25, -0.2) is 4.79 Å². The van der Waals surface area contributed by atoms with E-state index in [4.69, 9.17) is 23.2 Å². The Hall–Kier alpha value is -2.00. The summed E-state index contributed by atoms with van der Waals surface area (Å²) in [6.45, 7) is 8.18. The molecule has 1 amide bonds. The van der Waals surface area contributed by atoms with Crippen molar-refractivity contribution in [3.05, 3.63) is 49.6 Å². The predicted octanol–water partition coefficient (Wildman–Crippen LogP) is 7.38. The second-order valence-corrected chi connectivity index (χ2v) is 11.2. The number of thiophene rings is 1. The van der Waals surface area contributed by atoms with Crippen LogP contribution in [-0.4, -0.2) is 23.0 Å². The molecule has 3 rings (SSSR count). The number of carboxylic acids is 1. The van der Waals surface area contributed by atoms with Crippen LogP contribution < -0.4 is 4.90 Å². The van der Waals surface area contributed by atoms with Gasteiger partial charge in [-0.3, -0.25) is 4.79 Å². The van der Waals surface area contributed by atoms with Crippen LogP contribution in [0.2, 0.25) is 10.0 Å². The average Bonchev–Trinajstić information content (AvgIpc) is 3.12. The van der Waals surface area contributed by atoms with Crippen molar-refractivity contribution in [1.82, 2.24) is 0 Å². The quantitative estimate of drug-likeness (QED) is 0.453. The molecule has 0 spiro atoms. The molecule has 7 heteroatoms. The fourth-order valence-electron chi connectivity index (χ4n) is 3.79. The number of hydrogen-bond donors (Lipinski definition) is 1.